The molecule has 0 amide bonds. The van der Waals surface area contributed by atoms with Crippen molar-refractivity contribution in [3.8, 4) is 5.75 Å². The van der Waals surface area contributed by atoms with Crippen LogP contribution in [0.5, 0.6) is 5.75 Å². The third kappa shape index (κ3) is 1.86. The van der Waals surface area contributed by atoms with Crippen molar-refractivity contribution in [1.29, 1.82) is 0 Å². The first-order valence-corrected chi connectivity index (χ1v) is 6.70. The Morgan fingerprint density at radius 2 is 2.33 bits per heavy atom. The number of hydrogen-bond donors (Lipinski definition) is 1. The molecule has 1 atom stereocenters. The lowest BCUT2D eigenvalue weighted by molar-refractivity contribution is 0.154. The molecular formula is C14H19N3O. The topological polar surface area (TPSA) is 40.8 Å². The molecule has 1 aliphatic heterocycles. The second kappa shape index (κ2) is 4.61. The van der Waals surface area contributed by atoms with E-state index >= 15 is 0 Å². The normalized spacial score (nSPS) is 21.5. The number of fused-ring (bicyclic) bond motifs is 1. The molecule has 1 aliphatic rings. The Labute approximate surface area is 107 Å². The molecule has 3 heterocycles. The van der Waals surface area contributed by atoms with Crippen molar-refractivity contribution < 1.29 is 5.11 Å². The third-order valence-electron chi connectivity index (χ3n) is 3.84. The van der Waals surface area contributed by atoms with Gasteiger partial charge in [0, 0.05) is 12.4 Å². The van der Waals surface area contributed by atoms with Crippen LogP contribution >= 0.6 is 0 Å². The van der Waals surface area contributed by atoms with Crippen LogP contribution < -0.4 is 0 Å². The molecule has 3 rings (SSSR count). The van der Waals surface area contributed by atoms with Crippen LogP contribution in [-0.2, 0) is 0 Å². The summed E-state index contributed by atoms with van der Waals surface area (Å²) >= 11 is 0. The van der Waals surface area contributed by atoms with Crippen molar-refractivity contribution in [1.82, 2.24) is 14.3 Å². The zero-order valence-electron chi connectivity index (χ0n) is 10.7. The number of pyridine rings is 1. The molecule has 0 radical (unpaired) electrons. The maximum atomic E-state index is 9.81. The minimum absolute atomic E-state index is 0.252. The fourth-order valence-electron chi connectivity index (χ4n) is 2.88. The predicted octanol–water partition coefficient (Wildman–Crippen LogP) is 2.59. The summed E-state index contributed by atoms with van der Waals surface area (Å²) in [6, 6.07) is 3.93. The van der Waals surface area contributed by atoms with E-state index in [1.165, 1.54) is 19.3 Å². The number of imidazole rings is 1. The highest BCUT2D eigenvalue weighted by molar-refractivity contribution is 5.53. The molecule has 1 N–H and O–H groups in total. The summed E-state index contributed by atoms with van der Waals surface area (Å²) in [6.45, 7) is 4.41. The van der Waals surface area contributed by atoms with Crippen molar-refractivity contribution >= 4 is 5.65 Å². The van der Waals surface area contributed by atoms with Gasteiger partial charge in [0.15, 0.2) is 11.4 Å². The number of hydrogen-bond acceptors (Lipinski definition) is 3. The van der Waals surface area contributed by atoms with Gasteiger partial charge in [0.2, 0.25) is 0 Å². The molecule has 4 nitrogen and oxygen atoms in total. The van der Waals surface area contributed by atoms with Gasteiger partial charge in [-0.1, -0.05) is 13.3 Å². The summed E-state index contributed by atoms with van der Waals surface area (Å²) in [7, 11) is 0. The second-order valence-electron chi connectivity index (χ2n) is 4.93. The molecule has 2 aromatic heterocycles. The minimum Gasteiger partial charge on any atom is -0.504 e. The van der Waals surface area contributed by atoms with Gasteiger partial charge in [0.05, 0.1) is 11.7 Å². The zero-order valence-corrected chi connectivity index (χ0v) is 10.7. The Bertz CT molecular complexity index is 549. The van der Waals surface area contributed by atoms with E-state index in [4.69, 9.17) is 0 Å². The molecule has 1 unspecified atom stereocenters. The number of rotatable bonds is 2. The summed E-state index contributed by atoms with van der Waals surface area (Å²) in [5.74, 6) is 0.252. The molecule has 96 valence electrons. The fraction of sp³-hybridized carbons (Fsp3) is 0.500. The summed E-state index contributed by atoms with van der Waals surface area (Å²) in [5.41, 5.74) is 1.74. The standard InChI is InChI=1S/C14H19N3O/c1-2-16-8-4-3-6-12(16)11-10-17-9-5-7-13(18)14(17)15-11/h5,7,9-10,12,18H,2-4,6,8H2,1H3. The molecule has 2 aromatic rings. The van der Waals surface area contributed by atoms with E-state index in [9.17, 15) is 5.11 Å². The quantitative estimate of drug-likeness (QED) is 0.884. The van der Waals surface area contributed by atoms with E-state index in [1.54, 1.807) is 6.07 Å². The average Bonchev–Trinajstić information content (AvgIpc) is 2.84. The maximum absolute atomic E-state index is 9.81. The van der Waals surface area contributed by atoms with Gasteiger partial charge in [-0.25, -0.2) is 4.98 Å². The maximum Gasteiger partial charge on any atom is 0.179 e. The monoisotopic (exact) mass is 245 g/mol. The van der Waals surface area contributed by atoms with Crippen LogP contribution in [0, 0.1) is 0 Å². The van der Waals surface area contributed by atoms with Crippen LogP contribution in [0.2, 0.25) is 0 Å². The van der Waals surface area contributed by atoms with Crippen LogP contribution in [0.15, 0.2) is 24.5 Å². The highest BCUT2D eigenvalue weighted by Gasteiger charge is 2.25. The van der Waals surface area contributed by atoms with Crippen molar-refractivity contribution in [2.75, 3.05) is 13.1 Å². The summed E-state index contributed by atoms with van der Waals surface area (Å²) in [4.78, 5) is 7.08. The predicted molar refractivity (Wildman–Crippen MR) is 70.7 cm³/mol. The first kappa shape index (κ1) is 11.5. The number of nitrogens with zero attached hydrogens (tertiary/aromatic N) is 3. The van der Waals surface area contributed by atoms with E-state index < -0.39 is 0 Å². The van der Waals surface area contributed by atoms with Gasteiger partial charge in [0.1, 0.15) is 0 Å². The second-order valence-corrected chi connectivity index (χ2v) is 4.93. The van der Waals surface area contributed by atoms with Crippen LogP contribution in [0.3, 0.4) is 0 Å². The molecule has 18 heavy (non-hydrogen) atoms. The van der Waals surface area contributed by atoms with E-state index in [-0.39, 0.29) is 5.75 Å². The van der Waals surface area contributed by atoms with Gasteiger partial charge in [-0.2, -0.15) is 0 Å². The molecule has 0 aromatic carbocycles. The molecule has 4 heteroatoms. The van der Waals surface area contributed by atoms with Gasteiger partial charge in [-0.15, -0.1) is 0 Å². The molecule has 0 bridgehead atoms. The van der Waals surface area contributed by atoms with Gasteiger partial charge in [-0.3, -0.25) is 4.90 Å². The van der Waals surface area contributed by atoms with Gasteiger partial charge >= 0.3 is 0 Å². The molecule has 0 saturated carbocycles. The number of aromatic nitrogens is 2. The molecular weight excluding hydrogens is 226 g/mol. The van der Waals surface area contributed by atoms with Crippen LogP contribution in [0.1, 0.15) is 37.9 Å². The average molecular weight is 245 g/mol. The molecule has 1 saturated heterocycles. The number of likely N-dealkylation sites (tertiary alicyclic amines) is 1. The molecule has 0 spiro atoms. The first-order chi connectivity index (χ1) is 8.79. The highest BCUT2D eigenvalue weighted by Crippen LogP contribution is 2.31. The lowest BCUT2D eigenvalue weighted by atomic mass is 10.00. The highest BCUT2D eigenvalue weighted by atomic mass is 16.3. The third-order valence-corrected chi connectivity index (χ3v) is 3.84. The summed E-state index contributed by atoms with van der Waals surface area (Å²) in [5, 5.41) is 9.81. The Morgan fingerprint density at radius 3 is 3.11 bits per heavy atom. The minimum atomic E-state index is 0.252. The Balaban J connectivity index is 2.00. The van der Waals surface area contributed by atoms with Crippen molar-refractivity contribution in [2.45, 2.75) is 32.2 Å². The van der Waals surface area contributed by atoms with Crippen LogP contribution in [0.25, 0.3) is 5.65 Å². The van der Waals surface area contributed by atoms with E-state index in [0.29, 0.717) is 11.7 Å². The molecule has 0 aliphatic carbocycles. The SMILES string of the molecule is CCN1CCCCC1c1cn2cccc(O)c2n1. The molecule has 1 fully saturated rings. The van der Waals surface area contributed by atoms with Crippen LogP contribution in [0.4, 0.5) is 0 Å². The lowest BCUT2D eigenvalue weighted by Gasteiger charge is -2.33. The zero-order chi connectivity index (χ0) is 12.5. The largest absolute Gasteiger partial charge is 0.504 e. The number of piperidine rings is 1. The number of aromatic hydroxyl groups is 1. The fourth-order valence-corrected chi connectivity index (χ4v) is 2.88. The summed E-state index contributed by atoms with van der Waals surface area (Å²) < 4.78 is 1.91. The van der Waals surface area contributed by atoms with Gasteiger partial charge in [-0.05, 0) is 38.1 Å². The van der Waals surface area contributed by atoms with Crippen molar-refractivity contribution in [3.63, 3.8) is 0 Å². The van der Waals surface area contributed by atoms with Gasteiger partial charge in [0.25, 0.3) is 0 Å². The van der Waals surface area contributed by atoms with E-state index in [0.717, 1.165) is 18.8 Å². The summed E-state index contributed by atoms with van der Waals surface area (Å²) in [6.07, 6.45) is 7.70. The van der Waals surface area contributed by atoms with Gasteiger partial charge < -0.3 is 9.51 Å². The van der Waals surface area contributed by atoms with Crippen molar-refractivity contribution in [3.05, 3.63) is 30.2 Å². The van der Waals surface area contributed by atoms with Crippen LogP contribution in [-0.4, -0.2) is 32.5 Å². The Kier molecular flexibility index (Phi) is 2.96. The van der Waals surface area contributed by atoms with E-state index in [2.05, 4.69) is 16.8 Å². The smallest absolute Gasteiger partial charge is 0.179 e. The van der Waals surface area contributed by atoms with E-state index in [1.807, 2.05) is 22.9 Å². The van der Waals surface area contributed by atoms with Crippen molar-refractivity contribution in [2.24, 2.45) is 0 Å². The lowest BCUT2D eigenvalue weighted by Crippen LogP contribution is -2.33. The first-order valence-electron chi connectivity index (χ1n) is 6.70. The Hall–Kier alpha value is -1.55. The Morgan fingerprint density at radius 1 is 1.44 bits per heavy atom.